The minimum atomic E-state index is -0.703. The van der Waals surface area contributed by atoms with E-state index >= 15 is 0 Å². The smallest absolute Gasteiger partial charge is 0.120 e. The van der Waals surface area contributed by atoms with Gasteiger partial charge in [0.2, 0.25) is 0 Å². The van der Waals surface area contributed by atoms with Crippen LogP contribution in [0.4, 0.5) is 0 Å². The van der Waals surface area contributed by atoms with E-state index in [0.29, 0.717) is 5.92 Å². The SMILES string of the molecule is C[C@H]1CCC([C@H](c2ccccc2)[N+](C)(C)C)[C@@](O)(Cc2ccccc2)[C@H]1C. The summed E-state index contributed by atoms with van der Waals surface area (Å²) in [5.41, 5.74) is 1.87. The highest BCUT2D eigenvalue weighted by atomic mass is 16.3. The topological polar surface area (TPSA) is 20.2 Å². The Kier molecular flexibility index (Phi) is 5.79. The second-order valence-electron chi connectivity index (χ2n) is 9.58. The van der Waals surface area contributed by atoms with Gasteiger partial charge in [-0.25, -0.2) is 0 Å². The third-order valence-corrected chi connectivity index (χ3v) is 6.90. The summed E-state index contributed by atoms with van der Waals surface area (Å²) in [4.78, 5) is 0. The van der Waals surface area contributed by atoms with Crippen molar-refractivity contribution in [3.8, 4) is 0 Å². The first kappa shape index (κ1) is 20.1. The molecule has 0 heterocycles. The van der Waals surface area contributed by atoms with Gasteiger partial charge in [0.05, 0.1) is 26.7 Å². The van der Waals surface area contributed by atoms with Crippen LogP contribution in [-0.2, 0) is 6.42 Å². The molecule has 2 nitrogen and oxygen atoms in total. The molecule has 2 heteroatoms. The number of benzene rings is 2. The molecule has 1 aliphatic carbocycles. The third-order valence-electron chi connectivity index (χ3n) is 6.90. The summed E-state index contributed by atoms with van der Waals surface area (Å²) in [6.07, 6.45) is 2.99. The summed E-state index contributed by atoms with van der Waals surface area (Å²) in [5.74, 6) is 1.04. The lowest BCUT2D eigenvalue weighted by molar-refractivity contribution is -0.908. The zero-order chi connectivity index (χ0) is 19.7. The maximum atomic E-state index is 12.2. The molecular formula is C25H36NO+. The van der Waals surface area contributed by atoms with Crippen LogP contribution < -0.4 is 0 Å². The second kappa shape index (κ2) is 7.77. The standard InChI is InChI=1S/C25H36NO/c1-19-16-17-23(24(26(3,4)5)22-14-10-7-11-15-22)25(27,20(19)2)18-21-12-8-6-9-13-21/h6-15,19-20,23-24,27H,16-18H2,1-5H3/q+1/t19-,20-,23?,24-,25+/m0/s1. The van der Waals surface area contributed by atoms with Crippen LogP contribution in [0.3, 0.4) is 0 Å². The van der Waals surface area contributed by atoms with E-state index in [4.69, 9.17) is 0 Å². The van der Waals surface area contributed by atoms with Gasteiger partial charge in [0.15, 0.2) is 0 Å². The minimum Gasteiger partial charge on any atom is -0.389 e. The van der Waals surface area contributed by atoms with Crippen LogP contribution in [0.15, 0.2) is 60.7 Å². The molecule has 0 aromatic heterocycles. The molecule has 0 saturated heterocycles. The van der Waals surface area contributed by atoms with Crippen LogP contribution in [0.1, 0.15) is 43.9 Å². The van der Waals surface area contributed by atoms with Crippen LogP contribution in [0.2, 0.25) is 0 Å². The summed E-state index contributed by atoms with van der Waals surface area (Å²) in [5, 5.41) is 12.2. The molecule has 1 N–H and O–H groups in total. The van der Waals surface area contributed by atoms with Crippen LogP contribution in [0, 0.1) is 17.8 Å². The Morgan fingerprint density at radius 2 is 1.48 bits per heavy atom. The lowest BCUT2D eigenvalue weighted by Gasteiger charge is -2.53. The molecule has 0 aliphatic heterocycles. The Labute approximate surface area is 165 Å². The molecule has 1 fully saturated rings. The third kappa shape index (κ3) is 4.12. The summed E-state index contributed by atoms with van der Waals surface area (Å²) in [6.45, 7) is 4.57. The van der Waals surface area contributed by atoms with Gasteiger partial charge in [-0.3, -0.25) is 0 Å². The van der Waals surface area contributed by atoms with Gasteiger partial charge in [-0.1, -0.05) is 74.5 Å². The highest BCUT2D eigenvalue weighted by Crippen LogP contribution is 2.50. The van der Waals surface area contributed by atoms with E-state index in [1.807, 2.05) is 0 Å². The van der Waals surface area contributed by atoms with Crippen molar-refractivity contribution < 1.29 is 9.59 Å². The van der Waals surface area contributed by atoms with Gasteiger partial charge in [-0.15, -0.1) is 0 Å². The van der Waals surface area contributed by atoms with Crippen LogP contribution in [-0.4, -0.2) is 36.3 Å². The largest absolute Gasteiger partial charge is 0.389 e. The predicted molar refractivity (Wildman–Crippen MR) is 113 cm³/mol. The average Bonchev–Trinajstić information content (AvgIpc) is 2.63. The molecule has 27 heavy (non-hydrogen) atoms. The first-order valence-corrected chi connectivity index (χ1v) is 10.4. The number of hydrogen-bond donors (Lipinski definition) is 1. The van der Waals surface area contributed by atoms with Gasteiger partial charge in [-0.2, -0.15) is 0 Å². The molecule has 1 aliphatic rings. The van der Waals surface area contributed by atoms with Gasteiger partial charge in [-0.05, 0) is 30.2 Å². The number of hydrogen-bond acceptors (Lipinski definition) is 1. The lowest BCUT2D eigenvalue weighted by Crippen LogP contribution is -2.58. The average molecular weight is 367 g/mol. The summed E-state index contributed by atoms with van der Waals surface area (Å²) in [6, 6.07) is 21.6. The quantitative estimate of drug-likeness (QED) is 0.731. The van der Waals surface area contributed by atoms with E-state index in [-0.39, 0.29) is 17.9 Å². The Morgan fingerprint density at radius 1 is 0.926 bits per heavy atom. The van der Waals surface area contributed by atoms with Crippen LogP contribution in [0.25, 0.3) is 0 Å². The molecule has 146 valence electrons. The first-order chi connectivity index (χ1) is 12.7. The monoisotopic (exact) mass is 366 g/mol. The van der Waals surface area contributed by atoms with Crippen molar-refractivity contribution in [2.75, 3.05) is 21.1 Å². The number of rotatable bonds is 5. The highest BCUT2D eigenvalue weighted by molar-refractivity contribution is 5.23. The van der Waals surface area contributed by atoms with E-state index in [2.05, 4.69) is 95.7 Å². The predicted octanol–water partition coefficient (Wildman–Crippen LogP) is 5.09. The molecule has 2 aromatic carbocycles. The fourth-order valence-electron chi connectivity index (χ4n) is 5.29. The van der Waals surface area contributed by atoms with Crippen LogP contribution >= 0.6 is 0 Å². The van der Waals surface area contributed by atoms with Gasteiger partial charge in [0, 0.05) is 17.9 Å². The zero-order valence-electron chi connectivity index (χ0n) is 17.6. The van der Waals surface area contributed by atoms with Crippen molar-refractivity contribution in [2.45, 2.75) is 44.8 Å². The Balaban J connectivity index is 2.06. The van der Waals surface area contributed by atoms with E-state index < -0.39 is 5.60 Å². The summed E-state index contributed by atoms with van der Waals surface area (Å²) < 4.78 is 0.826. The van der Waals surface area contributed by atoms with Crippen LogP contribution in [0.5, 0.6) is 0 Å². The van der Waals surface area contributed by atoms with E-state index in [1.165, 1.54) is 17.5 Å². The van der Waals surface area contributed by atoms with Crippen molar-refractivity contribution in [1.29, 1.82) is 0 Å². The molecule has 0 bridgehead atoms. The second-order valence-corrected chi connectivity index (χ2v) is 9.58. The molecule has 0 radical (unpaired) electrons. The lowest BCUT2D eigenvalue weighted by atomic mass is 9.59. The molecule has 2 aromatic rings. The van der Waals surface area contributed by atoms with Gasteiger partial charge in [0.25, 0.3) is 0 Å². The normalized spacial score (nSPS) is 30.1. The maximum Gasteiger partial charge on any atom is 0.120 e. The van der Waals surface area contributed by atoms with E-state index in [0.717, 1.165) is 17.3 Å². The molecule has 5 atom stereocenters. The van der Waals surface area contributed by atoms with Crippen molar-refractivity contribution in [3.05, 3.63) is 71.8 Å². The minimum absolute atomic E-state index is 0.228. The van der Waals surface area contributed by atoms with Crippen molar-refractivity contribution in [1.82, 2.24) is 0 Å². The molecule has 1 saturated carbocycles. The van der Waals surface area contributed by atoms with Gasteiger partial charge in [0.1, 0.15) is 6.04 Å². The van der Waals surface area contributed by atoms with Gasteiger partial charge >= 0.3 is 0 Å². The zero-order valence-corrected chi connectivity index (χ0v) is 17.6. The number of quaternary nitrogens is 1. The molecule has 1 unspecified atom stereocenters. The van der Waals surface area contributed by atoms with Crippen molar-refractivity contribution in [3.63, 3.8) is 0 Å². The molecule has 3 rings (SSSR count). The van der Waals surface area contributed by atoms with Crippen molar-refractivity contribution >= 4 is 0 Å². The Morgan fingerprint density at radius 3 is 2.04 bits per heavy atom. The fraction of sp³-hybridized carbons (Fsp3) is 0.520. The molecular weight excluding hydrogens is 330 g/mol. The fourth-order valence-corrected chi connectivity index (χ4v) is 5.29. The number of nitrogens with zero attached hydrogens (tertiary/aromatic N) is 1. The first-order valence-electron chi connectivity index (χ1n) is 10.4. The van der Waals surface area contributed by atoms with E-state index in [1.54, 1.807) is 0 Å². The van der Waals surface area contributed by atoms with Gasteiger partial charge < -0.3 is 9.59 Å². The highest BCUT2D eigenvalue weighted by Gasteiger charge is 2.53. The van der Waals surface area contributed by atoms with Crippen molar-refractivity contribution in [2.24, 2.45) is 17.8 Å². The Bertz CT molecular complexity index is 721. The maximum absolute atomic E-state index is 12.2. The summed E-state index contributed by atoms with van der Waals surface area (Å²) in [7, 11) is 6.80. The van der Waals surface area contributed by atoms with E-state index in [9.17, 15) is 5.11 Å². The Hall–Kier alpha value is -1.64. The molecule has 0 spiro atoms. The number of aliphatic hydroxyl groups is 1. The molecule has 0 amide bonds. The summed E-state index contributed by atoms with van der Waals surface area (Å²) >= 11 is 0.